The molecule has 0 aliphatic heterocycles. The van der Waals surface area contributed by atoms with Crippen molar-refractivity contribution in [2.45, 2.75) is 26.2 Å². The van der Waals surface area contributed by atoms with Gasteiger partial charge in [0.15, 0.2) is 0 Å². The number of imidazole rings is 1. The van der Waals surface area contributed by atoms with Gasteiger partial charge >= 0.3 is 0 Å². The van der Waals surface area contributed by atoms with E-state index in [0.29, 0.717) is 5.56 Å². The van der Waals surface area contributed by atoms with E-state index in [1.165, 1.54) is 0 Å². The highest BCUT2D eigenvalue weighted by Gasteiger charge is 2.06. The first-order valence-electron chi connectivity index (χ1n) is 6.02. The second kappa shape index (κ2) is 5.48. The number of fused-ring (bicyclic) bond motifs is 1. The fourth-order valence-electron chi connectivity index (χ4n) is 1.76. The standard InChI is InChI=1S/C13H17N3O/c1-2-3-4-7-14-13(17)10-5-6-11-12(8-10)16-9-15-11/h5-6,8-9H,2-4,7H2,1H3,(H,14,17)(H,15,16). The Balaban J connectivity index is 1.98. The van der Waals surface area contributed by atoms with E-state index in [4.69, 9.17) is 0 Å². The summed E-state index contributed by atoms with van der Waals surface area (Å²) in [6.07, 6.45) is 4.98. The van der Waals surface area contributed by atoms with Gasteiger partial charge in [0.1, 0.15) is 0 Å². The van der Waals surface area contributed by atoms with Gasteiger partial charge < -0.3 is 10.3 Å². The lowest BCUT2D eigenvalue weighted by Gasteiger charge is -2.04. The third-order valence-corrected chi connectivity index (χ3v) is 2.75. The van der Waals surface area contributed by atoms with Crippen LogP contribution in [0, 0.1) is 0 Å². The minimum absolute atomic E-state index is 0.0161. The minimum Gasteiger partial charge on any atom is -0.352 e. The highest BCUT2D eigenvalue weighted by Crippen LogP contribution is 2.11. The summed E-state index contributed by atoms with van der Waals surface area (Å²) in [6.45, 7) is 2.89. The number of aromatic nitrogens is 2. The lowest BCUT2D eigenvalue weighted by molar-refractivity contribution is 0.0953. The van der Waals surface area contributed by atoms with Gasteiger partial charge in [-0.05, 0) is 24.6 Å². The van der Waals surface area contributed by atoms with Gasteiger partial charge in [-0.15, -0.1) is 0 Å². The van der Waals surface area contributed by atoms with E-state index < -0.39 is 0 Å². The Morgan fingerprint density at radius 1 is 1.41 bits per heavy atom. The zero-order valence-corrected chi connectivity index (χ0v) is 9.99. The van der Waals surface area contributed by atoms with Crippen LogP contribution in [0.1, 0.15) is 36.5 Å². The molecule has 1 aromatic carbocycles. The molecule has 0 spiro atoms. The Kier molecular flexibility index (Phi) is 3.75. The lowest BCUT2D eigenvalue weighted by Crippen LogP contribution is -2.24. The lowest BCUT2D eigenvalue weighted by atomic mass is 10.2. The topological polar surface area (TPSA) is 57.8 Å². The van der Waals surface area contributed by atoms with Crippen molar-refractivity contribution in [3.63, 3.8) is 0 Å². The summed E-state index contributed by atoms with van der Waals surface area (Å²) in [7, 11) is 0. The zero-order valence-electron chi connectivity index (χ0n) is 9.99. The molecular formula is C13H17N3O. The van der Waals surface area contributed by atoms with Crippen molar-refractivity contribution >= 4 is 16.9 Å². The number of H-pyrrole nitrogens is 1. The van der Waals surface area contributed by atoms with Crippen LogP contribution in [-0.4, -0.2) is 22.4 Å². The van der Waals surface area contributed by atoms with Crippen LogP contribution in [0.4, 0.5) is 0 Å². The van der Waals surface area contributed by atoms with Gasteiger partial charge in [0.05, 0.1) is 17.4 Å². The molecule has 1 heterocycles. The number of unbranched alkanes of at least 4 members (excludes halogenated alkanes) is 2. The first-order valence-corrected chi connectivity index (χ1v) is 6.02. The van der Waals surface area contributed by atoms with Gasteiger partial charge in [-0.3, -0.25) is 4.79 Å². The van der Waals surface area contributed by atoms with Crippen molar-refractivity contribution in [2.75, 3.05) is 6.54 Å². The molecule has 0 fully saturated rings. The highest BCUT2D eigenvalue weighted by atomic mass is 16.1. The first kappa shape index (κ1) is 11.6. The van der Waals surface area contributed by atoms with Crippen molar-refractivity contribution in [3.8, 4) is 0 Å². The van der Waals surface area contributed by atoms with E-state index in [-0.39, 0.29) is 5.91 Å². The average molecular weight is 231 g/mol. The first-order chi connectivity index (χ1) is 8.31. The summed E-state index contributed by atoms with van der Waals surface area (Å²) >= 11 is 0. The van der Waals surface area contributed by atoms with E-state index in [2.05, 4.69) is 22.2 Å². The fourth-order valence-corrected chi connectivity index (χ4v) is 1.76. The highest BCUT2D eigenvalue weighted by molar-refractivity contribution is 5.97. The molecule has 90 valence electrons. The maximum atomic E-state index is 11.8. The summed E-state index contributed by atoms with van der Waals surface area (Å²) in [5.74, 6) is -0.0161. The van der Waals surface area contributed by atoms with Crippen molar-refractivity contribution < 1.29 is 4.79 Å². The monoisotopic (exact) mass is 231 g/mol. The van der Waals surface area contributed by atoms with Crippen LogP contribution in [0.25, 0.3) is 11.0 Å². The molecule has 2 aromatic rings. The number of nitrogens with one attached hydrogen (secondary N) is 2. The second-order valence-corrected chi connectivity index (χ2v) is 4.10. The van der Waals surface area contributed by atoms with E-state index in [1.54, 1.807) is 12.4 Å². The van der Waals surface area contributed by atoms with Gasteiger partial charge in [-0.1, -0.05) is 19.8 Å². The Morgan fingerprint density at radius 3 is 3.12 bits per heavy atom. The smallest absolute Gasteiger partial charge is 0.251 e. The second-order valence-electron chi connectivity index (χ2n) is 4.10. The molecule has 0 atom stereocenters. The number of hydrogen-bond donors (Lipinski definition) is 2. The average Bonchev–Trinajstić information content (AvgIpc) is 2.81. The summed E-state index contributed by atoms with van der Waals surface area (Å²) in [4.78, 5) is 18.9. The van der Waals surface area contributed by atoms with E-state index in [0.717, 1.165) is 36.8 Å². The number of hydrogen-bond acceptors (Lipinski definition) is 2. The SMILES string of the molecule is CCCCCNC(=O)c1ccc2nc[nH]c2c1. The van der Waals surface area contributed by atoms with Crippen molar-refractivity contribution in [1.82, 2.24) is 15.3 Å². The van der Waals surface area contributed by atoms with Crippen molar-refractivity contribution in [3.05, 3.63) is 30.1 Å². The summed E-state index contributed by atoms with van der Waals surface area (Å²) < 4.78 is 0. The third-order valence-electron chi connectivity index (χ3n) is 2.75. The van der Waals surface area contributed by atoms with Crippen LogP contribution in [0.5, 0.6) is 0 Å². The quantitative estimate of drug-likeness (QED) is 0.777. The number of amides is 1. The Morgan fingerprint density at radius 2 is 2.29 bits per heavy atom. The van der Waals surface area contributed by atoms with Crippen LogP contribution in [0.15, 0.2) is 24.5 Å². The molecule has 0 aliphatic carbocycles. The van der Waals surface area contributed by atoms with E-state index >= 15 is 0 Å². The number of rotatable bonds is 5. The Bertz CT molecular complexity index is 504. The number of benzene rings is 1. The van der Waals surface area contributed by atoms with Gasteiger partial charge in [0.2, 0.25) is 0 Å². The molecular weight excluding hydrogens is 214 g/mol. The largest absolute Gasteiger partial charge is 0.352 e. The van der Waals surface area contributed by atoms with Crippen LogP contribution >= 0.6 is 0 Å². The number of aromatic amines is 1. The summed E-state index contributed by atoms with van der Waals surface area (Å²) in [5, 5.41) is 2.92. The van der Waals surface area contributed by atoms with Crippen LogP contribution in [0.2, 0.25) is 0 Å². The normalized spacial score (nSPS) is 10.6. The fraction of sp³-hybridized carbons (Fsp3) is 0.385. The summed E-state index contributed by atoms with van der Waals surface area (Å²) in [6, 6.07) is 5.49. The molecule has 1 amide bonds. The molecule has 1 aromatic heterocycles. The van der Waals surface area contributed by atoms with Crippen LogP contribution in [-0.2, 0) is 0 Å². The summed E-state index contributed by atoms with van der Waals surface area (Å²) in [5.41, 5.74) is 2.46. The number of nitrogens with zero attached hydrogens (tertiary/aromatic N) is 1. The van der Waals surface area contributed by atoms with Gasteiger partial charge in [0.25, 0.3) is 5.91 Å². The number of carbonyl (C=O) groups is 1. The van der Waals surface area contributed by atoms with E-state index in [9.17, 15) is 4.79 Å². The van der Waals surface area contributed by atoms with Gasteiger partial charge in [-0.25, -0.2) is 4.98 Å². The third kappa shape index (κ3) is 2.84. The molecule has 0 aliphatic rings. The molecule has 0 saturated carbocycles. The van der Waals surface area contributed by atoms with E-state index in [1.807, 2.05) is 12.1 Å². The Hall–Kier alpha value is -1.84. The molecule has 4 heteroatoms. The van der Waals surface area contributed by atoms with Gasteiger partial charge in [0, 0.05) is 12.1 Å². The van der Waals surface area contributed by atoms with Crippen molar-refractivity contribution in [2.24, 2.45) is 0 Å². The zero-order chi connectivity index (χ0) is 12.1. The molecule has 0 radical (unpaired) electrons. The van der Waals surface area contributed by atoms with Crippen LogP contribution in [0.3, 0.4) is 0 Å². The van der Waals surface area contributed by atoms with Crippen LogP contribution < -0.4 is 5.32 Å². The predicted molar refractivity (Wildman–Crippen MR) is 68.0 cm³/mol. The molecule has 2 rings (SSSR count). The minimum atomic E-state index is -0.0161. The predicted octanol–water partition coefficient (Wildman–Crippen LogP) is 2.48. The molecule has 2 N–H and O–H groups in total. The molecule has 4 nitrogen and oxygen atoms in total. The molecule has 0 unspecified atom stereocenters. The maximum absolute atomic E-state index is 11.8. The molecule has 0 bridgehead atoms. The Labute approximate surface area is 100 Å². The van der Waals surface area contributed by atoms with Crippen molar-refractivity contribution in [1.29, 1.82) is 0 Å². The maximum Gasteiger partial charge on any atom is 0.251 e. The molecule has 0 saturated heterocycles. The molecule has 17 heavy (non-hydrogen) atoms. The van der Waals surface area contributed by atoms with Gasteiger partial charge in [-0.2, -0.15) is 0 Å². The number of carbonyl (C=O) groups excluding carboxylic acids is 1.